The van der Waals surface area contributed by atoms with E-state index in [9.17, 15) is 13.6 Å². The molecule has 0 aromatic carbocycles. The average molecular weight is 218 g/mol. The van der Waals surface area contributed by atoms with Crippen molar-refractivity contribution in [3.8, 4) is 0 Å². The lowest BCUT2D eigenvalue weighted by Crippen LogP contribution is -2.26. The number of hydrogen-bond donors (Lipinski definition) is 1. The number of aliphatic carboxylic acids is 1. The lowest BCUT2D eigenvalue weighted by atomic mass is 9.81. The molecular formula is C11H16F2O2. The first-order valence-electron chi connectivity index (χ1n) is 5.59. The maximum Gasteiger partial charge on any atom is 0.316 e. The lowest BCUT2D eigenvalue weighted by molar-refractivity contribution is -0.148. The van der Waals surface area contributed by atoms with Crippen molar-refractivity contribution in [1.82, 2.24) is 0 Å². The van der Waals surface area contributed by atoms with Gasteiger partial charge in [-0.25, -0.2) is 8.78 Å². The number of rotatable bonds is 3. The molecule has 2 aliphatic rings. The predicted molar refractivity (Wildman–Crippen MR) is 50.8 cm³/mol. The van der Waals surface area contributed by atoms with E-state index in [0.29, 0.717) is 0 Å². The van der Waals surface area contributed by atoms with Crippen LogP contribution in [-0.2, 0) is 4.79 Å². The Morgan fingerprint density at radius 2 is 1.80 bits per heavy atom. The Morgan fingerprint density at radius 3 is 2.20 bits per heavy atom. The van der Waals surface area contributed by atoms with Crippen LogP contribution in [0.25, 0.3) is 0 Å². The highest BCUT2D eigenvalue weighted by atomic mass is 19.3. The molecule has 4 heteroatoms. The summed E-state index contributed by atoms with van der Waals surface area (Å²) in [6.07, 6.45) is 4.85. The van der Waals surface area contributed by atoms with Crippen LogP contribution < -0.4 is 0 Å². The smallest absolute Gasteiger partial charge is 0.316 e. The van der Waals surface area contributed by atoms with Gasteiger partial charge >= 0.3 is 5.97 Å². The summed E-state index contributed by atoms with van der Waals surface area (Å²) in [6, 6.07) is 0. The van der Waals surface area contributed by atoms with Crippen LogP contribution in [0.4, 0.5) is 8.78 Å². The fraction of sp³-hybridized carbons (Fsp3) is 0.909. The minimum absolute atomic E-state index is 0.176. The van der Waals surface area contributed by atoms with Gasteiger partial charge in [-0.2, -0.15) is 0 Å². The second-order valence-electron chi connectivity index (χ2n) is 4.98. The second-order valence-corrected chi connectivity index (χ2v) is 4.98. The van der Waals surface area contributed by atoms with E-state index >= 15 is 0 Å². The van der Waals surface area contributed by atoms with Crippen molar-refractivity contribution in [3.63, 3.8) is 0 Å². The maximum atomic E-state index is 13.1. The Bertz CT molecular complexity index is 272. The molecule has 2 fully saturated rings. The van der Waals surface area contributed by atoms with Crippen molar-refractivity contribution >= 4 is 5.97 Å². The molecule has 0 aromatic rings. The van der Waals surface area contributed by atoms with Gasteiger partial charge in [-0.1, -0.05) is 32.1 Å². The van der Waals surface area contributed by atoms with E-state index in [1.807, 2.05) is 0 Å². The van der Waals surface area contributed by atoms with Gasteiger partial charge in [-0.15, -0.1) is 0 Å². The van der Waals surface area contributed by atoms with E-state index in [4.69, 9.17) is 5.11 Å². The van der Waals surface area contributed by atoms with E-state index in [1.165, 1.54) is 0 Å². The Hall–Kier alpha value is -0.670. The second kappa shape index (κ2) is 3.42. The molecular weight excluding hydrogens is 202 g/mol. The zero-order valence-corrected chi connectivity index (χ0v) is 8.64. The van der Waals surface area contributed by atoms with Crippen molar-refractivity contribution in [3.05, 3.63) is 0 Å². The zero-order valence-electron chi connectivity index (χ0n) is 8.64. The summed E-state index contributed by atoms with van der Waals surface area (Å²) in [5.41, 5.74) is -1.71. The molecule has 1 unspecified atom stereocenters. The molecule has 0 aliphatic heterocycles. The standard InChI is InChI=1S/C11H16F2O2/c12-11(13)7-10(11,9(14)15)6-8-4-2-1-3-5-8/h8H,1-7H2,(H,14,15). The Morgan fingerprint density at radius 1 is 1.27 bits per heavy atom. The molecule has 0 radical (unpaired) electrons. The number of hydrogen-bond acceptors (Lipinski definition) is 1. The SMILES string of the molecule is O=C(O)C1(CC2CCCCC2)CC1(F)F. The van der Waals surface area contributed by atoms with Gasteiger partial charge in [0.25, 0.3) is 5.92 Å². The van der Waals surface area contributed by atoms with Gasteiger partial charge in [0.2, 0.25) is 0 Å². The number of alkyl halides is 2. The minimum atomic E-state index is -2.96. The third-order valence-electron chi connectivity index (χ3n) is 3.87. The quantitative estimate of drug-likeness (QED) is 0.790. The molecule has 1 atom stereocenters. The van der Waals surface area contributed by atoms with Crippen molar-refractivity contribution in [1.29, 1.82) is 0 Å². The summed E-state index contributed by atoms with van der Waals surface area (Å²) >= 11 is 0. The molecule has 2 aliphatic carbocycles. The first kappa shape index (κ1) is 10.8. The molecule has 0 aromatic heterocycles. The first-order valence-corrected chi connectivity index (χ1v) is 5.59. The summed E-state index contributed by atoms with van der Waals surface area (Å²) in [4.78, 5) is 10.9. The van der Waals surface area contributed by atoms with Gasteiger partial charge < -0.3 is 5.11 Å². The minimum Gasteiger partial charge on any atom is -0.481 e. The van der Waals surface area contributed by atoms with Crippen molar-refractivity contribution in [2.24, 2.45) is 11.3 Å². The summed E-state index contributed by atoms with van der Waals surface area (Å²) < 4.78 is 26.2. The molecule has 15 heavy (non-hydrogen) atoms. The lowest BCUT2D eigenvalue weighted by Gasteiger charge is -2.24. The fourth-order valence-corrected chi connectivity index (χ4v) is 2.76. The molecule has 2 nitrogen and oxygen atoms in total. The molecule has 86 valence electrons. The topological polar surface area (TPSA) is 37.3 Å². The highest BCUT2D eigenvalue weighted by molar-refractivity contribution is 5.80. The Labute approximate surface area is 87.7 Å². The molecule has 0 amide bonds. The van der Waals surface area contributed by atoms with Crippen molar-refractivity contribution in [2.75, 3.05) is 0 Å². The van der Waals surface area contributed by atoms with E-state index < -0.39 is 23.7 Å². The van der Waals surface area contributed by atoms with Crippen LogP contribution in [0.2, 0.25) is 0 Å². The highest BCUT2D eigenvalue weighted by Gasteiger charge is 2.76. The summed E-state index contributed by atoms with van der Waals surface area (Å²) in [5, 5.41) is 8.89. The van der Waals surface area contributed by atoms with E-state index in [-0.39, 0.29) is 12.3 Å². The summed E-state index contributed by atoms with van der Waals surface area (Å²) in [5.74, 6) is -4.07. The van der Waals surface area contributed by atoms with Crippen LogP contribution in [-0.4, -0.2) is 17.0 Å². The van der Waals surface area contributed by atoms with Gasteiger partial charge in [0.15, 0.2) is 0 Å². The number of halogens is 2. The normalized spacial score (nSPS) is 35.1. The Balaban J connectivity index is 2.00. The molecule has 0 heterocycles. The van der Waals surface area contributed by atoms with E-state index in [0.717, 1.165) is 32.1 Å². The van der Waals surface area contributed by atoms with Gasteiger partial charge in [0.1, 0.15) is 5.41 Å². The molecule has 2 saturated carbocycles. The average Bonchev–Trinajstić information content (AvgIpc) is 2.71. The molecule has 2 rings (SSSR count). The van der Waals surface area contributed by atoms with Crippen molar-refractivity contribution < 1.29 is 18.7 Å². The van der Waals surface area contributed by atoms with Crippen molar-refractivity contribution in [2.45, 2.75) is 50.9 Å². The number of carboxylic acid groups (broad SMARTS) is 1. The molecule has 0 bridgehead atoms. The van der Waals surface area contributed by atoms with Crippen LogP contribution in [0.1, 0.15) is 44.9 Å². The number of carboxylic acids is 1. The maximum absolute atomic E-state index is 13.1. The monoisotopic (exact) mass is 218 g/mol. The molecule has 0 spiro atoms. The Kier molecular flexibility index (Phi) is 2.47. The molecule has 1 N–H and O–H groups in total. The summed E-state index contributed by atoms with van der Waals surface area (Å²) in [6.45, 7) is 0. The van der Waals surface area contributed by atoms with Crippen LogP contribution in [0.5, 0.6) is 0 Å². The zero-order chi connectivity index (χ0) is 11.1. The van der Waals surface area contributed by atoms with Gasteiger partial charge in [0.05, 0.1) is 0 Å². The first-order chi connectivity index (χ1) is 6.98. The largest absolute Gasteiger partial charge is 0.481 e. The highest BCUT2D eigenvalue weighted by Crippen LogP contribution is 2.64. The van der Waals surface area contributed by atoms with Crippen LogP contribution >= 0.6 is 0 Å². The van der Waals surface area contributed by atoms with Crippen LogP contribution in [0.3, 0.4) is 0 Å². The van der Waals surface area contributed by atoms with E-state index in [1.54, 1.807) is 0 Å². The van der Waals surface area contributed by atoms with Gasteiger partial charge in [0, 0.05) is 6.42 Å². The predicted octanol–water partition coefficient (Wildman–Crippen LogP) is 3.07. The third-order valence-corrected chi connectivity index (χ3v) is 3.87. The van der Waals surface area contributed by atoms with Crippen LogP contribution in [0.15, 0.2) is 0 Å². The van der Waals surface area contributed by atoms with Crippen LogP contribution in [0, 0.1) is 11.3 Å². The third kappa shape index (κ3) is 1.74. The van der Waals surface area contributed by atoms with E-state index in [2.05, 4.69) is 0 Å². The fourth-order valence-electron chi connectivity index (χ4n) is 2.76. The summed E-state index contributed by atoms with van der Waals surface area (Å²) in [7, 11) is 0. The molecule has 0 saturated heterocycles. The van der Waals surface area contributed by atoms with Gasteiger partial charge in [-0.05, 0) is 12.3 Å². The number of carbonyl (C=O) groups is 1. The van der Waals surface area contributed by atoms with Gasteiger partial charge in [-0.3, -0.25) is 4.79 Å².